The summed E-state index contributed by atoms with van der Waals surface area (Å²) < 4.78 is 64.6. The highest BCUT2D eigenvalue weighted by Gasteiger charge is 2.36. The largest absolute Gasteiger partial charge is 0.433 e. The highest BCUT2D eigenvalue weighted by molar-refractivity contribution is 9.10. The standard InChI is InChI=1S/C8H5BrF5NO/c9-5-4(15)2-1-3(8(12,13)14)6(5)16-7(10)11/h1-2,7H,15H2. The third kappa shape index (κ3) is 2.75. The van der Waals surface area contributed by atoms with Crippen molar-refractivity contribution < 1.29 is 26.7 Å². The van der Waals surface area contributed by atoms with E-state index in [0.29, 0.717) is 6.07 Å². The van der Waals surface area contributed by atoms with Crippen molar-refractivity contribution in [2.75, 3.05) is 5.73 Å². The number of alkyl halides is 5. The van der Waals surface area contributed by atoms with Gasteiger partial charge in [0.15, 0.2) is 5.75 Å². The third-order valence-corrected chi connectivity index (χ3v) is 2.46. The first-order chi connectivity index (χ1) is 7.23. The summed E-state index contributed by atoms with van der Waals surface area (Å²) in [4.78, 5) is 0. The summed E-state index contributed by atoms with van der Waals surface area (Å²) in [6, 6.07) is 1.53. The van der Waals surface area contributed by atoms with Crippen LogP contribution >= 0.6 is 15.9 Å². The fourth-order valence-electron chi connectivity index (χ4n) is 0.999. The molecule has 16 heavy (non-hydrogen) atoms. The zero-order chi connectivity index (χ0) is 12.5. The number of benzene rings is 1. The molecular weight excluding hydrogens is 301 g/mol. The minimum Gasteiger partial charge on any atom is -0.433 e. The van der Waals surface area contributed by atoms with Crippen molar-refractivity contribution in [3.8, 4) is 5.75 Å². The molecule has 0 fully saturated rings. The second-order valence-electron chi connectivity index (χ2n) is 2.72. The van der Waals surface area contributed by atoms with Crippen LogP contribution in [0.2, 0.25) is 0 Å². The Hall–Kier alpha value is -1.05. The normalized spacial score (nSPS) is 11.9. The fraction of sp³-hybridized carbons (Fsp3) is 0.250. The molecule has 0 saturated heterocycles. The van der Waals surface area contributed by atoms with Crippen LogP contribution in [0.25, 0.3) is 0 Å². The Labute approximate surface area is 95.3 Å². The molecule has 0 aliphatic carbocycles. The van der Waals surface area contributed by atoms with Crippen molar-refractivity contribution in [1.29, 1.82) is 0 Å². The molecule has 0 heterocycles. The predicted octanol–water partition coefficient (Wildman–Crippen LogP) is 3.65. The maximum Gasteiger partial charge on any atom is 0.420 e. The van der Waals surface area contributed by atoms with Crippen molar-refractivity contribution in [2.24, 2.45) is 0 Å². The lowest BCUT2D eigenvalue weighted by atomic mass is 10.2. The molecule has 1 rings (SSSR count). The van der Waals surface area contributed by atoms with Crippen LogP contribution in [0.3, 0.4) is 0 Å². The molecule has 0 radical (unpaired) electrons. The summed E-state index contributed by atoms with van der Waals surface area (Å²) in [5.41, 5.74) is 3.84. The summed E-state index contributed by atoms with van der Waals surface area (Å²) >= 11 is 2.67. The number of anilines is 1. The van der Waals surface area contributed by atoms with Gasteiger partial charge in [0.05, 0.1) is 10.0 Å². The summed E-state index contributed by atoms with van der Waals surface area (Å²) in [7, 11) is 0. The maximum absolute atomic E-state index is 12.4. The van der Waals surface area contributed by atoms with Crippen LogP contribution in [-0.4, -0.2) is 6.61 Å². The molecule has 1 aromatic rings. The van der Waals surface area contributed by atoms with E-state index in [2.05, 4.69) is 20.7 Å². The van der Waals surface area contributed by atoms with Crippen molar-refractivity contribution in [2.45, 2.75) is 12.8 Å². The number of rotatable bonds is 2. The smallest absolute Gasteiger partial charge is 0.420 e. The summed E-state index contributed by atoms with van der Waals surface area (Å²) in [6.07, 6.45) is -4.79. The first-order valence-corrected chi connectivity index (χ1v) is 4.62. The Morgan fingerprint density at radius 2 is 1.81 bits per heavy atom. The fourth-order valence-corrected chi connectivity index (χ4v) is 1.44. The minimum absolute atomic E-state index is 0.122. The first kappa shape index (κ1) is 13.0. The van der Waals surface area contributed by atoms with E-state index < -0.39 is 24.1 Å². The van der Waals surface area contributed by atoms with Crippen LogP contribution in [-0.2, 0) is 6.18 Å². The van der Waals surface area contributed by atoms with E-state index in [0.717, 1.165) is 6.07 Å². The molecule has 2 nitrogen and oxygen atoms in total. The van der Waals surface area contributed by atoms with Gasteiger partial charge in [-0.15, -0.1) is 0 Å². The Morgan fingerprint density at radius 3 is 2.25 bits per heavy atom. The topological polar surface area (TPSA) is 35.2 Å². The molecule has 0 spiro atoms. The van der Waals surface area contributed by atoms with Crippen molar-refractivity contribution >= 4 is 21.6 Å². The second-order valence-corrected chi connectivity index (χ2v) is 3.51. The summed E-state index contributed by atoms with van der Waals surface area (Å²) in [6.45, 7) is -3.36. The van der Waals surface area contributed by atoms with Gasteiger partial charge in [0.25, 0.3) is 0 Å². The number of ether oxygens (including phenoxy) is 1. The Morgan fingerprint density at radius 1 is 1.25 bits per heavy atom. The van der Waals surface area contributed by atoms with Gasteiger partial charge in [-0.05, 0) is 28.1 Å². The molecule has 90 valence electrons. The molecule has 2 N–H and O–H groups in total. The molecule has 0 bridgehead atoms. The highest BCUT2D eigenvalue weighted by atomic mass is 79.9. The van der Waals surface area contributed by atoms with E-state index in [-0.39, 0.29) is 10.2 Å². The first-order valence-electron chi connectivity index (χ1n) is 3.83. The van der Waals surface area contributed by atoms with Crippen LogP contribution in [0.1, 0.15) is 5.56 Å². The molecule has 0 aliphatic heterocycles. The molecule has 0 atom stereocenters. The second kappa shape index (κ2) is 4.44. The molecule has 0 amide bonds. The molecule has 0 saturated carbocycles. The lowest BCUT2D eigenvalue weighted by Crippen LogP contribution is -2.12. The number of hydrogen-bond acceptors (Lipinski definition) is 2. The third-order valence-electron chi connectivity index (χ3n) is 1.64. The molecule has 1 aromatic carbocycles. The zero-order valence-corrected chi connectivity index (χ0v) is 9.07. The number of halogens is 6. The number of nitrogens with two attached hydrogens (primary N) is 1. The monoisotopic (exact) mass is 305 g/mol. The van der Waals surface area contributed by atoms with Gasteiger partial charge < -0.3 is 10.5 Å². The van der Waals surface area contributed by atoms with Gasteiger partial charge in [0.1, 0.15) is 0 Å². The van der Waals surface area contributed by atoms with Crippen LogP contribution in [0.4, 0.5) is 27.6 Å². The number of hydrogen-bond donors (Lipinski definition) is 1. The molecular formula is C8H5BrF5NO. The van der Waals surface area contributed by atoms with Gasteiger partial charge >= 0.3 is 12.8 Å². The lowest BCUT2D eigenvalue weighted by molar-refractivity contribution is -0.141. The predicted molar refractivity (Wildman–Crippen MR) is 50.2 cm³/mol. The Kier molecular flexibility index (Phi) is 3.61. The lowest BCUT2D eigenvalue weighted by Gasteiger charge is -2.15. The van der Waals surface area contributed by atoms with E-state index in [1.54, 1.807) is 0 Å². The summed E-state index contributed by atoms with van der Waals surface area (Å²) in [5.74, 6) is -1.01. The van der Waals surface area contributed by atoms with Gasteiger partial charge in [-0.2, -0.15) is 22.0 Å². The van der Waals surface area contributed by atoms with E-state index >= 15 is 0 Å². The van der Waals surface area contributed by atoms with Crippen molar-refractivity contribution in [3.63, 3.8) is 0 Å². The van der Waals surface area contributed by atoms with Crippen LogP contribution in [0, 0.1) is 0 Å². The van der Waals surface area contributed by atoms with Gasteiger partial charge in [-0.3, -0.25) is 0 Å². The van der Waals surface area contributed by atoms with Crippen LogP contribution in [0.5, 0.6) is 5.75 Å². The van der Waals surface area contributed by atoms with Crippen molar-refractivity contribution in [1.82, 2.24) is 0 Å². The van der Waals surface area contributed by atoms with Gasteiger partial charge in [-0.1, -0.05) is 0 Å². The summed E-state index contributed by atoms with van der Waals surface area (Å²) in [5, 5.41) is 0. The molecule has 0 aliphatic rings. The molecule has 0 aromatic heterocycles. The van der Waals surface area contributed by atoms with E-state index in [1.165, 1.54) is 0 Å². The quantitative estimate of drug-likeness (QED) is 0.668. The Bertz CT molecular complexity index is 393. The minimum atomic E-state index is -4.79. The van der Waals surface area contributed by atoms with Gasteiger partial charge in [-0.25, -0.2) is 0 Å². The molecule has 8 heteroatoms. The van der Waals surface area contributed by atoms with Gasteiger partial charge in [0.2, 0.25) is 0 Å². The molecule has 0 unspecified atom stereocenters. The van der Waals surface area contributed by atoms with Crippen LogP contribution in [0.15, 0.2) is 16.6 Å². The number of nitrogen functional groups attached to an aromatic ring is 1. The highest BCUT2D eigenvalue weighted by Crippen LogP contribution is 2.43. The van der Waals surface area contributed by atoms with Crippen molar-refractivity contribution in [3.05, 3.63) is 22.2 Å². The van der Waals surface area contributed by atoms with E-state index in [9.17, 15) is 22.0 Å². The van der Waals surface area contributed by atoms with E-state index in [4.69, 9.17) is 5.73 Å². The average molecular weight is 306 g/mol. The maximum atomic E-state index is 12.4. The SMILES string of the molecule is Nc1ccc(C(F)(F)F)c(OC(F)F)c1Br. The van der Waals surface area contributed by atoms with Crippen LogP contribution < -0.4 is 10.5 Å². The van der Waals surface area contributed by atoms with Gasteiger partial charge in [0, 0.05) is 5.69 Å². The van der Waals surface area contributed by atoms with E-state index in [1.807, 2.05) is 0 Å². The zero-order valence-electron chi connectivity index (χ0n) is 7.49. The average Bonchev–Trinajstić information content (AvgIpc) is 2.10. The Balaban J connectivity index is 3.33.